The monoisotopic (exact) mass is 303 g/mol. The Kier molecular flexibility index (Phi) is 2.98. The fraction of sp³-hybridized carbons (Fsp3) is 0.200. The lowest BCUT2D eigenvalue weighted by Crippen LogP contribution is -2.30. The van der Waals surface area contributed by atoms with Crippen LogP contribution in [0.1, 0.15) is 16.8 Å². The molecule has 0 aliphatic heterocycles. The maximum Gasteiger partial charge on any atom is 0.227 e. The fourth-order valence-electron chi connectivity index (χ4n) is 3.39. The molecule has 0 fully saturated rings. The smallest absolute Gasteiger partial charge is 0.227 e. The molecule has 0 aliphatic rings. The number of benzene rings is 1. The molecule has 4 rings (SSSR count). The molecule has 0 unspecified atom stereocenters. The molecule has 0 saturated carbocycles. The van der Waals surface area contributed by atoms with Crippen LogP contribution in [0.2, 0.25) is 0 Å². The van der Waals surface area contributed by atoms with Crippen LogP contribution in [0.3, 0.4) is 0 Å². The average molecular weight is 303 g/mol. The van der Waals surface area contributed by atoms with Crippen molar-refractivity contribution in [2.45, 2.75) is 20.8 Å². The first kappa shape index (κ1) is 13.9. The largest absolute Gasteiger partial charge is 0.437 e. The van der Waals surface area contributed by atoms with Gasteiger partial charge in [-0.1, -0.05) is 12.1 Å². The Balaban J connectivity index is 2.19. The molecule has 1 aromatic carbocycles. The third kappa shape index (κ3) is 2.04. The molecular weight excluding hydrogens is 284 g/mol. The van der Waals surface area contributed by atoms with Gasteiger partial charge in [0, 0.05) is 23.2 Å². The van der Waals surface area contributed by atoms with Crippen LogP contribution in [0, 0.1) is 20.8 Å². The zero-order valence-corrected chi connectivity index (χ0v) is 13.8. The van der Waals surface area contributed by atoms with Gasteiger partial charge >= 0.3 is 0 Å². The minimum atomic E-state index is 0.725. The van der Waals surface area contributed by atoms with E-state index in [0.717, 1.165) is 39.0 Å². The van der Waals surface area contributed by atoms with E-state index < -0.39 is 0 Å². The molecular formula is C20H19N2O+. The summed E-state index contributed by atoms with van der Waals surface area (Å²) in [5, 5.41) is 2.25. The van der Waals surface area contributed by atoms with Crippen molar-refractivity contribution in [1.29, 1.82) is 0 Å². The summed E-state index contributed by atoms with van der Waals surface area (Å²) in [6.45, 7) is 6.25. The molecule has 3 aromatic heterocycles. The first-order valence-electron chi connectivity index (χ1n) is 7.81. The number of furan rings is 1. The summed E-state index contributed by atoms with van der Waals surface area (Å²) in [6, 6.07) is 12.6. The van der Waals surface area contributed by atoms with Gasteiger partial charge in [-0.2, -0.15) is 0 Å². The van der Waals surface area contributed by atoms with E-state index in [1.54, 1.807) is 0 Å². The zero-order chi connectivity index (χ0) is 16.1. The molecule has 0 saturated heterocycles. The van der Waals surface area contributed by atoms with Crippen LogP contribution < -0.4 is 4.57 Å². The minimum Gasteiger partial charge on any atom is -0.437 e. The van der Waals surface area contributed by atoms with Crippen LogP contribution in [0.4, 0.5) is 0 Å². The number of hydrogen-bond donors (Lipinski definition) is 0. The highest BCUT2D eigenvalue weighted by Crippen LogP contribution is 2.37. The lowest BCUT2D eigenvalue weighted by atomic mass is 10.00. The van der Waals surface area contributed by atoms with Gasteiger partial charge in [-0.05, 0) is 44.0 Å². The van der Waals surface area contributed by atoms with Gasteiger partial charge in [0.15, 0.2) is 11.8 Å². The lowest BCUT2D eigenvalue weighted by molar-refractivity contribution is -0.660. The van der Waals surface area contributed by atoms with E-state index in [9.17, 15) is 0 Å². The Morgan fingerprint density at radius 2 is 1.83 bits per heavy atom. The molecule has 0 spiro atoms. The van der Waals surface area contributed by atoms with E-state index in [1.807, 2.05) is 13.0 Å². The molecule has 0 amide bonds. The maximum atomic E-state index is 6.21. The van der Waals surface area contributed by atoms with Crippen LogP contribution in [-0.4, -0.2) is 4.98 Å². The SMILES string of the molecule is Cc1cc(C)c2c(n1)oc1c(-c3cccc[n+]3C)c(C)ccc12. The van der Waals surface area contributed by atoms with Gasteiger partial charge in [0.05, 0.1) is 10.9 Å². The Labute approximate surface area is 135 Å². The van der Waals surface area contributed by atoms with E-state index in [1.165, 1.54) is 11.1 Å². The summed E-state index contributed by atoms with van der Waals surface area (Å²) in [6.07, 6.45) is 2.06. The molecule has 3 heteroatoms. The summed E-state index contributed by atoms with van der Waals surface area (Å²) < 4.78 is 8.34. The van der Waals surface area contributed by atoms with E-state index >= 15 is 0 Å². The molecule has 0 atom stereocenters. The molecule has 23 heavy (non-hydrogen) atoms. The van der Waals surface area contributed by atoms with Crippen molar-refractivity contribution in [2.24, 2.45) is 7.05 Å². The van der Waals surface area contributed by atoms with Gasteiger partial charge in [-0.15, -0.1) is 0 Å². The fourth-order valence-corrected chi connectivity index (χ4v) is 3.39. The van der Waals surface area contributed by atoms with E-state index in [0.29, 0.717) is 0 Å². The molecule has 4 aromatic rings. The third-order valence-electron chi connectivity index (χ3n) is 4.46. The second kappa shape index (κ2) is 4.92. The predicted octanol–water partition coefficient (Wildman–Crippen LogP) is 4.40. The highest BCUT2D eigenvalue weighted by Gasteiger charge is 2.21. The van der Waals surface area contributed by atoms with Gasteiger partial charge in [-0.3, -0.25) is 0 Å². The highest BCUT2D eigenvalue weighted by atomic mass is 16.3. The number of aromatic nitrogens is 2. The maximum absolute atomic E-state index is 6.21. The molecule has 0 radical (unpaired) electrons. The lowest BCUT2D eigenvalue weighted by Gasteiger charge is -2.05. The van der Waals surface area contributed by atoms with E-state index in [2.05, 4.69) is 67.0 Å². The standard InChI is InChI=1S/C20H19N2O/c1-12-8-9-15-17-13(2)11-14(3)21-20(17)23-19(15)18(12)16-7-5-6-10-22(16)4/h5-11H,1-4H3/q+1. The number of aryl methyl sites for hydroxylation is 4. The van der Waals surface area contributed by atoms with Crippen LogP contribution >= 0.6 is 0 Å². The normalized spacial score (nSPS) is 11.5. The Hall–Kier alpha value is -2.68. The van der Waals surface area contributed by atoms with Crippen molar-refractivity contribution in [1.82, 2.24) is 4.98 Å². The molecule has 114 valence electrons. The molecule has 0 N–H and O–H groups in total. The quantitative estimate of drug-likeness (QED) is 0.488. The van der Waals surface area contributed by atoms with Crippen molar-refractivity contribution in [2.75, 3.05) is 0 Å². The summed E-state index contributed by atoms with van der Waals surface area (Å²) in [7, 11) is 2.06. The van der Waals surface area contributed by atoms with Crippen molar-refractivity contribution < 1.29 is 8.98 Å². The Morgan fingerprint density at radius 1 is 1.00 bits per heavy atom. The highest BCUT2D eigenvalue weighted by molar-refractivity contribution is 6.10. The van der Waals surface area contributed by atoms with Crippen LogP contribution in [0.5, 0.6) is 0 Å². The van der Waals surface area contributed by atoms with E-state index in [-0.39, 0.29) is 0 Å². The summed E-state index contributed by atoms with van der Waals surface area (Å²) in [5.41, 5.74) is 7.32. The van der Waals surface area contributed by atoms with Crippen LogP contribution in [0.15, 0.2) is 47.0 Å². The summed E-state index contributed by atoms with van der Waals surface area (Å²) in [4.78, 5) is 4.59. The third-order valence-corrected chi connectivity index (χ3v) is 4.46. The van der Waals surface area contributed by atoms with Gasteiger partial charge in [-0.25, -0.2) is 9.55 Å². The number of hydrogen-bond acceptors (Lipinski definition) is 2. The summed E-state index contributed by atoms with van der Waals surface area (Å²) in [5.74, 6) is 0. The Morgan fingerprint density at radius 3 is 2.61 bits per heavy atom. The van der Waals surface area contributed by atoms with Crippen LogP contribution in [-0.2, 0) is 7.05 Å². The second-order valence-electron chi connectivity index (χ2n) is 6.19. The van der Waals surface area contributed by atoms with Crippen molar-refractivity contribution in [3.05, 3.63) is 59.4 Å². The first-order chi connectivity index (χ1) is 11.1. The molecule has 0 aliphatic carbocycles. The van der Waals surface area contributed by atoms with Crippen molar-refractivity contribution in [3.63, 3.8) is 0 Å². The minimum absolute atomic E-state index is 0.725. The number of fused-ring (bicyclic) bond motifs is 3. The van der Waals surface area contributed by atoms with Gasteiger partial charge in [0.2, 0.25) is 11.4 Å². The van der Waals surface area contributed by atoms with Gasteiger partial charge < -0.3 is 4.42 Å². The number of nitrogens with zero attached hydrogens (tertiary/aromatic N) is 2. The van der Waals surface area contributed by atoms with Crippen LogP contribution in [0.25, 0.3) is 33.3 Å². The molecule has 3 heterocycles. The van der Waals surface area contributed by atoms with E-state index in [4.69, 9.17) is 4.42 Å². The average Bonchev–Trinajstić information content (AvgIpc) is 2.86. The molecule has 3 nitrogen and oxygen atoms in total. The topological polar surface area (TPSA) is 29.9 Å². The Bertz CT molecular complexity index is 1060. The second-order valence-corrected chi connectivity index (χ2v) is 6.19. The van der Waals surface area contributed by atoms with Crippen molar-refractivity contribution >= 4 is 22.1 Å². The number of rotatable bonds is 1. The zero-order valence-electron chi connectivity index (χ0n) is 13.8. The van der Waals surface area contributed by atoms with Gasteiger partial charge in [0.1, 0.15) is 7.05 Å². The number of pyridine rings is 2. The predicted molar refractivity (Wildman–Crippen MR) is 92.3 cm³/mol. The van der Waals surface area contributed by atoms with Crippen molar-refractivity contribution in [3.8, 4) is 11.3 Å². The molecule has 0 bridgehead atoms. The summed E-state index contributed by atoms with van der Waals surface area (Å²) >= 11 is 0. The van der Waals surface area contributed by atoms with Gasteiger partial charge in [0.25, 0.3) is 0 Å². The first-order valence-corrected chi connectivity index (χ1v) is 7.81.